The highest BCUT2D eigenvalue weighted by Crippen LogP contribution is 2.27. The summed E-state index contributed by atoms with van der Waals surface area (Å²) in [6.07, 6.45) is 2.16. The molecule has 0 spiro atoms. The summed E-state index contributed by atoms with van der Waals surface area (Å²) in [7, 11) is 3.97. The van der Waals surface area contributed by atoms with Gasteiger partial charge in [0.2, 0.25) is 5.91 Å². The van der Waals surface area contributed by atoms with Gasteiger partial charge in [0, 0.05) is 32.4 Å². The van der Waals surface area contributed by atoms with Crippen molar-refractivity contribution in [2.45, 2.75) is 31.3 Å². The van der Waals surface area contributed by atoms with Crippen molar-refractivity contribution in [2.24, 2.45) is 0 Å². The fourth-order valence-corrected chi connectivity index (χ4v) is 4.52. The largest absolute Gasteiger partial charge is 0.341 e. The molecule has 6 nitrogen and oxygen atoms in total. The molecule has 1 atom stereocenters. The molecule has 3 amide bonds. The fraction of sp³-hybridized carbons (Fsp3) is 0.375. The summed E-state index contributed by atoms with van der Waals surface area (Å²) in [5.41, 5.74) is 1.67. The van der Waals surface area contributed by atoms with Gasteiger partial charge in [-0.3, -0.25) is 19.3 Å². The third kappa shape index (κ3) is 3.75. The minimum absolute atomic E-state index is 0.134. The van der Waals surface area contributed by atoms with Crippen LogP contribution < -0.4 is 4.90 Å². The molecule has 156 valence electrons. The maximum absolute atomic E-state index is 13.6. The molecule has 2 aliphatic heterocycles. The van der Waals surface area contributed by atoms with E-state index in [4.69, 9.17) is 0 Å². The molecule has 0 radical (unpaired) electrons. The Bertz CT molecular complexity index is 916. The van der Waals surface area contributed by atoms with E-state index in [1.165, 1.54) is 9.80 Å². The molecule has 2 aromatic carbocycles. The van der Waals surface area contributed by atoms with Crippen LogP contribution in [0.2, 0.25) is 0 Å². The van der Waals surface area contributed by atoms with Crippen molar-refractivity contribution in [1.29, 1.82) is 0 Å². The number of carbonyl (C=O) groups is 3. The van der Waals surface area contributed by atoms with E-state index in [2.05, 4.69) is 7.05 Å². The Morgan fingerprint density at radius 2 is 1.53 bits per heavy atom. The van der Waals surface area contributed by atoms with Crippen molar-refractivity contribution in [3.8, 4) is 0 Å². The van der Waals surface area contributed by atoms with Gasteiger partial charge >= 0.3 is 0 Å². The molecule has 2 heterocycles. The summed E-state index contributed by atoms with van der Waals surface area (Å²) in [6.45, 7) is 2.03. The second-order valence-electron chi connectivity index (χ2n) is 8.37. The maximum Gasteiger partial charge on any atom is 0.262 e. The zero-order chi connectivity index (χ0) is 21.3. The van der Waals surface area contributed by atoms with Crippen molar-refractivity contribution < 1.29 is 19.3 Å². The van der Waals surface area contributed by atoms with Gasteiger partial charge in [-0.2, -0.15) is 0 Å². The molecule has 0 bridgehead atoms. The second kappa shape index (κ2) is 8.40. The van der Waals surface area contributed by atoms with E-state index in [0.717, 1.165) is 31.5 Å². The van der Waals surface area contributed by atoms with Crippen LogP contribution in [-0.2, 0) is 11.2 Å². The average molecular weight is 407 g/mol. The van der Waals surface area contributed by atoms with E-state index in [1.54, 1.807) is 29.2 Å². The Morgan fingerprint density at radius 3 is 2.10 bits per heavy atom. The Kier molecular flexibility index (Phi) is 5.68. The van der Waals surface area contributed by atoms with Crippen molar-refractivity contribution in [3.05, 3.63) is 71.3 Å². The number of carbonyl (C=O) groups excluding carboxylic acids is 3. The highest BCUT2D eigenvalue weighted by Gasteiger charge is 2.44. The van der Waals surface area contributed by atoms with Gasteiger partial charge in [-0.25, -0.2) is 0 Å². The lowest BCUT2D eigenvalue weighted by molar-refractivity contribution is -0.885. The first-order valence-corrected chi connectivity index (χ1v) is 10.6. The SMILES string of the molecule is CN(C(=O)[C@H](Cc1ccccc1)N1C(=O)c2ccccc2C1=O)C1CC[NH+](C)CC1. The molecule has 1 N–H and O–H groups in total. The summed E-state index contributed by atoms with van der Waals surface area (Å²) >= 11 is 0. The quantitative estimate of drug-likeness (QED) is 0.755. The van der Waals surface area contributed by atoms with Crippen molar-refractivity contribution in [3.63, 3.8) is 0 Å². The van der Waals surface area contributed by atoms with E-state index in [9.17, 15) is 14.4 Å². The van der Waals surface area contributed by atoms with Crippen molar-refractivity contribution >= 4 is 17.7 Å². The van der Waals surface area contributed by atoms with E-state index >= 15 is 0 Å². The highest BCUT2D eigenvalue weighted by molar-refractivity contribution is 6.22. The molecule has 0 aromatic heterocycles. The third-order valence-corrected chi connectivity index (χ3v) is 6.40. The van der Waals surface area contributed by atoms with E-state index in [1.807, 2.05) is 37.4 Å². The van der Waals surface area contributed by atoms with Gasteiger partial charge in [0.1, 0.15) is 6.04 Å². The molecular weight excluding hydrogens is 378 g/mol. The number of hydrogen-bond donors (Lipinski definition) is 1. The molecule has 0 unspecified atom stereocenters. The normalized spacial score (nSPS) is 22.0. The molecule has 2 aromatic rings. The van der Waals surface area contributed by atoms with E-state index < -0.39 is 6.04 Å². The molecule has 4 rings (SSSR count). The monoisotopic (exact) mass is 406 g/mol. The predicted molar refractivity (Wildman–Crippen MR) is 113 cm³/mol. The number of hydrogen-bond acceptors (Lipinski definition) is 3. The smallest absolute Gasteiger partial charge is 0.262 e. The third-order valence-electron chi connectivity index (χ3n) is 6.40. The van der Waals surface area contributed by atoms with Crippen LogP contribution in [0.1, 0.15) is 39.1 Å². The molecule has 30 heavy (non-hydrogen) atoms. The molecule has 1 fully saturated rings. The Hall–Kier alpha value is -2.99. The first kappa shape index (κ1) is 20.3. The zero-order valence-electron chi connectivity index (χ0n) is 17.5. The summed E-state index contributed by atoms with van der Waals surface area (Å²) in [5.74, 6) is -0.935. The number of nitrogens with zero attached hydrogens (tertiary/aromatic N) is 2. The molecule has 2 aliphatic rings. The second-order valence-corrected chi connectivity index (χ2v) is 8.37. The highest BCUT2D eigenvalue weighted by atomic mass is 16.2. The van der Waals surface area contributed by atoms with Crippen molar-refractivity contribution in [2.75, 3.05) is 27.2 Å². The first-order chi connectivity index (χ1) is 14.5. The van der Waals surface area contributed by atoms with Gasteiger partial charge in [-0.15, -0.1) is 0 Å². The first-order valence-electron chi connectivity index (χ1n) is 10.6. The summed E-state index contributed by atoms with van der Waals surface area (Å²) in [4.78, 5) is 44.3. The lowest BCUT2D eigenvalue weighted by atomic mass is 9.99. The number of benzene rings is 2. The summed E-state index contributed by atoms with van der Waals surface area (Å²) in [6, 6.07) is 15.7. The topological polar surface area (TPSA) is 62.1 Å². The number of likely N-dealkylation sites (N-methyl/N-ethyl adjacent to an activating group) is 1. The Labute approximate surface area is 177 Å². The van der Waals surface area contributed by atoms with E-state index in [-0.39, 0.29) is 23.8 Å². The minimum atomic E-state index is -0.850. The molecule has 1 saturated heterocycles. The van der Waals surface area contributed by atoms with Gasteiger partial charge < -0.3 is 9.80 Å². The van der Waals surface area contributed by atoms with Crippen LogP contribution in [0, 0.1) is 0 Å². The van der Waals surface area contributed by atoms with Gasteiger partial charge in [0.25, 0.3) is 11.8 Å². The number of piperidine rings is 1. The minimum Gasteiger partial charge on any atom is -0.341 e. The van der Waals surface area contributed by atoms with Gasteiger partial charge in [-0.1, -0.05) is 42.5 Å². The number of imide groups is 1. The van der Waals surface area contributed by atoms with Gasteiger partial charge in [0.15, 0.2) is 0 Å². The standard InChI is InChI=1S/C24H27N3O3/c1-25-14-12-18(13-15-25)26(2)24(30)21(16-17-8-4-3-5-9-17)27-22(28)19-10-6-7-11-20(19)23(27)29/h3-11,18,21H,12-16H2,1-2H3/p+1/t21-/m0/s1. The van der Waals surface area contributed by atoms with Gasteiger partial charge in [0.05, 0.1) is 31.3 Å². The van der Waals surface area contributed by atoms with Gasteiger partial charge in [-0.05, 0) is 17.7 Å². The van der Waals surface area contributed by atoms with Crippen LogP contribution in [0.3, 0.4) is 0 Å². The number of nitrogens with one attached hydrogen (secondary N) is 1. The number of rotatable bonds is 5. The lowest BCUT2D eigenvalue weighted by Crippen LogP contribution is -3.10. The average Bonchev–Trinajstić information content (AvgIpc) is 3.03. The lowest BCUT2D eigenvalue weighted by Gasteiger charge is -2.36. The number of fused-ring (bicyclic) bond motifs is 1. The predicted octanol–water partition coefficient (Wildman–Crippen LogP) is 1.03. The van der Waals surface area contributed by atoms with Crippen LogP contribution in [0.25, 0.3) is 0 Å². The molecule has 0 aliphatic carbocycles. The van der Waals surface area contributed by atoms with Crippen LogP contribution in [0.4, 0.5) is 0 Å². The number of likely N-dealkylation sites (tertiary alicyclic amines) is 1. The van der Waals surface area contributed by atoms with Crippen molar-refractivity contribution in [1.82, 2.24) is 9.80 Å². The molecular formula is C24H28N3O3+. The van der Waals surface area contributed by atoms with E-state index in [0.29, 0.717) is 17.5 Å². The molecule has 6 heteroatoms. The number of amides is 3. The number of quaternary nitrogens is 1. The zero-order valence-corrected chi connectivity index (χ0v) is 17.5. The maximum atomic E-state index is 13.6. The van der Waals surface area contributed by atoms with Crippen LogP contribution >= 0.6 is 0 Å². The van der Waals surface area contributed by atoms with Crippen LogP contribution in [-0.4, -0.2) is 66.8 Å². The van der Waals surface area contributed by atoms with Crippen LogP contribution in [0.15, 0.2) is 54.6 Å². The fourth-order valence-electron chi connectivity index (χ4n) is 4.52. The summed E-state index contributed by atoms with van der Waals surface area (Å²) < 4.78 is 0. The molecule has 0 saturated carbocycles. The Morgan fingerprint density at radius 1 is 1.00 bits per heavy atom. The summed E-state index contributed by atoms with van der Waals surface area (Å²) in [5, 5.41) is 0. The van der Waals surface area contributed by atoms with Crippen LogP contribution in [0.5, 0.6) is 0 Å². The Balaban J connectivity index is 1.64.